The molecule has 0 radical (unpaired) electrons. The number of ether oxygens (including phenoxy) is 4. The van der Waals surface area contributed by atoms with Crippen LogP contribution in [0, 0.1) is 23.7 Å². The lowest BCUT2D eigenvalue weighted by molar-refractivity contribution is -0.161. The second kappa shape index (κ2) is 64.4. The second-order valence-electron chi connectivity index (χ2n) is 28.5. The summed E-state index contributed by atoms with van der Waals surface area (Å²) in [5.41, 5.74) is 0. The van der Waals surface area contributed by atoms with E-state index in [0.717, 1.165) is 114 Å². The van der Waals surface area contributed by atoms with E-state index in [4.69, 9.17) is 37.0 Å². The summed E-state index contributed by atoms with van der Waals surface area (Å²) in [6.07, 6.45) is 48.5. The van der Waals surface area contributed by atoms with Crippen molar-refractivity contribution in [2.75, 3.05) is 39.6 Å². The Bertz CT molecular complexity index is 1850. The summed E-state index contributed by atoms with van der Waals surface area (Å²) in [5, 5.41) is 10.6. The third-order valence-electron chi connectivity index (χ3n) is 18.0. The molecule has 0 rings (SSSR count). The van der Waals surface area contributed by atoms with Crippen LogP contribution in [0.5, 0.6) is 0 Å². The molecule has 0 bridgehead atoms. The topological polar surface area (TPSA) is 237 Å². The van der Waals surface area contributed by atoms with Gasteiger partial charge in [0.1, 0.15) is 19.3 Å². The fourth-order valence-corrected chi connectivity index (χ4v) is 12.9. The zero-order valence-electron chi connectivity index (χ0n) is 61.6. The van der Waals surface area contributed by atoms with Crippen molar-refractivity contribution in [3.8, 4) is 0 Å². The summed E-state index contributed by atoms with van der Waals surface area (Å²) in [5.74, 6) is 0.966. The van der Waals surface area contributed by atoms with Gasteiger partial charge in [-0.1, -0.05) is 325 Å². The fraction of sp³-hybridized carbons (Fsp3) is 0.947. The van der Waals surface area contributed by atoms with Gasteiger partial charge in [0.05, 0.1) is 26.4 Å². The van der Waals surface area contributed by atoms with E-state index in [2.05, 4.69) is 55.4 Å². The summed E-state index contributed by atoms with van der Waals surface area (Å²) in [7, 11) is -9.91. The van der Waals surface area contributed by atoms with Crippen LogP contribution in [-0.2, 0) is 65.4 Å². The van der Waals surface area contributed by atoms with Crippen LogP contribution in [0.1, 0.15) is 376 Å². The molecule has 0 aliphatic rings. The van der Waals surface area contributed by atoms with Gasteiger partial charge in [0.2, 0.25) is 0 Å². The average Bonchev–Trinajstić information content (AvgIpc) is 1.45. The van der Waals surface area contributed by atoms with Crippen molar-refractivity contribution < 1.29 is 80.2 Å². The van der Waals surface area contributed by atoms with Crippen LogP contribution < -0.4 is 0 Å². The van der Waals surface area contributed by atoms with Crippen molar-refractivity contribution in [3.63, 3.8) is 0 Å². The van der Waals surface area contributed by atoms with E-state index in [0.29, 0.717) is 31.6 Å². The zero-order valence-corrected chi connectivity index (χ0v) is 63.4. The lowest BCUT2D eigenvalue weighted by atomic mass is 9.99. The summed E-state index contributed by atoms with van der Waals surface area (Å²) in [4.78, 5) is 72.8. The fourth-order valence-electron chi connectivity index (χ4n) is 11.3. The Balaban J connectivity index is 5.23. The number of carbonyl (C=O) groups is 4. The van der Waals surface area contributed by atoms with Crippen molar-refractivity contribution in [1.82, 2.24) is 0 Å². The monoisotopic (exact) mass is 1380 g/mol. The minimum absolute atomic E-state index is 0.105. The number of carbonyl (C=O) groups excluding carboxylic acids is 4. The summed E-state index contributed by atoms with van der Waals surface area (Å²) in [6, 6.07) is 0. The van der Waals surface area contributed by atoms with Crippen LogP contribution in [0.25, 0.3) is 0 Å². The van der Waals surface area contributed by atoms with E-state index in [1.165, 1.54) is 173 Å². The van der Waals surface area contributed by atoms with Gasteiger partial charge in [0.15, 0.2) is 12.2 Å². The van der Waals surface area contributed by atoms with Crippen LogP contribution in [0.2, 0.25) is 0 Å². The van der Waals surface area contributed by atoms with Crippen molar-refractivity contribution in [1.29, 1.82) is 0 Å². The van der Waals surface area contributed by atoms with E-state index >= 15 is 0 Å². The Labute approximate surface area is 575 Å². The first-order chi connectivity index (χ1) is 45.2. The quantitative estimate of drug-likeness (QED) is 0.0222. The number of aliphatic hydroxyl groups is 1. The van der Waals surface area contributed by atoms with Gasteiger partial charge < -0.3 is 33.8 Å². The maximum absolute atomic E-state index is 13.1. The summed E-state index contributed by atoms with van der Waals surface area (Å²) < 4.78 is 68.5. The molecule has 7 atom stereocenters. The van der Waals surface area contributed by atoms with Crippen LogP contribution >= 0.6 is 15.6 Å². The normalized spacial score (nSPS) is 14.7. The smallest absolute Gasteiger partial charge is 0.462 e. The molecule has 0 aromatic carbocycles. The molecular formula is C75H146O17P2. The van der Waals surface area contributed by atoms with Gasteiger partial charge >= 0.3 is 39.5 Å². The first-order valence-corrected chi connectivity index (χ1v) is 41.8. The molecule has 0 fully saturated rings. The standard InChI is InChI=1S/C75H146O17P2/c1-9-67(7)53-45-37-29-21-17-13-11-12-14-18-22-31-39-47-55-72(77)85-61-70(92-75(80)58-50-42-33-25-24-30-38-46-54-68(8)10-2)63-89-93(81,82)87-59-69(76)60-88-94(83,84)90-64-71(62-86-73(78)56-48-40-34-26-28-36-44-52-66(5)6)91-74(79)57-49-41-32-23-19-15-16-20-27-35-43-51-65(3)4/h65-71,76H,9-64H2,1-8H3,(H,81,82)(H,83,84)/t67?,68?,69?,70-,71-/m1/s1. The highest BCUT2D eigenvalue weighted by atomic mass is 31.2. The van der Waals surface area contributed by atoms with Crippen LogP contribution in [0.3, 0.4) is 0 Å². The third kappa shape index (κ3) is 66.0. The Kier molecular flexibility index (Phi) is 63.1. The zero-order chi connectivity index (χ0) is 69.6. The van der Waals surface area contributed by atoms with E-state index in [-0.39, 0.29) is 25.7 Å². The number of unbranched alkanes of at least 4 members (excludes halogenated alkanes) is 36. The van der Waals surface area contributed by atoms with Gasteiger partial charge in [-0.15, -0.1) is 0 Å². The molecule has 558 valence electrons. The lowest BCUT2D eigenvalue weighted by Gasteiger charge is -2.21. The van der Waals surface area contributed by atoms with Gasteiger partial charge in [-0.05, 0) is 49.4 Å². The number of phosphoric ester groups is 2. The van der Waals surface area contributed by atoms with Gasteiger partial charge in [0.25, 0.3) is 0 Å². The molecule has 5 unspecified atom stereocenters. The molecule has 0 aliphatic heterocycles. The average molecular weight is 1380 g/mol. The molecule has 0 saturated carbocycles. The second-order valence-corrected chi connectivity index (χ2v) is 31.4. The number of rotatable bonds is 72. The molecule has 0 aromatic rings. The maximum atomic E-state index is 13.1. The molecule has 17 nitrogen and oxygen atoms in total. The largest absolute Gasteiger partial charge is 0.472 e. The first kappa shape index (κ1) is 92.1. The Morgan fingerprint density at radius 1 is 0.298 bits per heavy atom. The minimum Gasteiger partial charge on any atom is -0.462 e. The summed E-state index contributed by atoms with van der Waals surface area (Å²) >= 11 is 0. The van der Waals surface area contributed by atoms with Gasteiger partial charge in [0, 0.05) is 25.7 Å². The van der Waals surface area contributed by atoms with E-state index in [9.17, 15) is 43.2 Å². The van der Waals surface area contributed by atoms with Crippen LogP contribution in [-0.4, -0.2) is 96.7 Å². The highest BCUT2D eigenvalue weighted by Crippen LogP contribution is 2.45. The number of phosphoric acid groups is 2. The van der Waals surface area contributed by atoms with Crippen molar-refractivity contribution in [2.45, 2.75) is 395 Å². The van der Waals surface area contributed by atoms with E-state index in [1.807, 2.05) is 0 Å². The molecule has 94 heavy (non-hydrogen) atoms. The molecule has 0 spiro atoms. The van der Waals surface area contributed by atoms with Crippen LogP contribution in [0.4, 0.5) is 0 Å². The molecule has 19 heteroatoms. The molecule has 0 aromatic heterocycles. The molecule has 0 aliphatic carbocycles. The van der Waals surface area contributed by atoms with Gasteiger partial charge in [-0.2, -0.15) is 0 Å². The Hall–Kier alpha value is -1.94. The summed E-state index contributed by atoms with van der Waals surface area (Å²) in [6.45, 7) is 14.2. The number of hydrogen-bond donors (Lipinski definition) is 3. The van der Waals surface area contributed by atoms with Gasteiger partial charge in [-0.3, -0.25) is 37.3 Å². The highest BCUT2D eigenvalue weighted by Gasteiger charge is 2.30. The van der Waals surface area contributed by atoms with E-state index in [1.54, 1.807) is 0 Å². The Morgan fingerprint density at radius 2 is 0.511 bits per heavy atom. The van der Waals surface area contributed by atoms with Gasteiger partial charge in [-0.25, -0.2) is 9.13 Å². The van der Waals surface area contributed by atoms with Crippen molar-refractivity contribution in [3.05, 3.63) is 0 Å². The molecule has 3 N–H and O–H groups in total. The predicted molar refractivity (Wildman–Crippen MR) is 381 cm³/mol. The molecule has 0 heterocycles. The minimum atomic E-state index is -4.96. The lowest BCUT2D eigenvalue weighted by Crippen LogP contribution is -2.30. The highest BCUT2D eigenvalue weighted by molar-refractivity contribution is 7.47. The van der Waals surface area contributed by atoms with Crippen molar-refractivity contribution >= 4 is 39.5 Å². The molecule has 0 saturated heterocycles. The number of esters is 4. The SMILES string of the molecule is CCC(C)CCCCCCCCCCCCCCCCC(=O)OC[C@H](COP(=O)(O)OCC(O)COP(=O)(O)OC[C@@H](COC(=O)CCCCCCCCCC(C)C)OC(=O)CCCCCCCCCCCCCC(C)C)OC(=O)CCCCCCCCCCC(C)CC. The molecular weight excluding hydrogens is 1230 g/mol. The predicted octanol–water partition coefficient (Wildman–Crippen LogP) is 21.7. The van der Waals surface area contributed by atoms with Crippen molar-refractivity contribution in [2.24, 2.45) is 23.7 Å². The number of aliphatic hydroxyl groups excluding tert-OH is 1. The third-order valence-corrected chi connectivity index (χ3v) is 19.9. The van der Waals surface area contributed by atoms with E-state index < -0.39 is 97.5 Å². The Morgan fingerprint density at radius 3 is 0.755 bits per heavy atom. The number of hydrogen-bond acceptors (Lipinski definition) is 15. The first-order valence-electron chi connectivity index (χ1n) is 38.8. The maximum Gasteiger partial charge on any atom is 0.472 e. The van der Waals surface area contributed by atoms with Crippen LogP contribution in [0.15, 0.2) is 0 Å². The molecule has 0 amide bonds.